The van der Waals surface area contributed by atoms with Crippen LogP contribution >= 0.6 is 0 Å². The van der Waals surface area contributed by atoms with Gasteiger partial charge in [-0.25, -0.2) is 0 Å². The number of hydrogen-bond donors (Lipinski definition) is 1. The van der Waals surface area contributed by atoms with E-state index in [0.29, 0.717) is 11.8 Å². The van der Waals surface area contributed by atoms with Gasteiger partial charge in [-0.3, -0.25) is 4.98 Å². The fourth-order valence-electron chi connectivity index (χ4n) is 4.99. The van der Waals surface area contributed by atoms with Crippen LogP contribution in [0.1, 0.15) is 69.2 Å². The molecular formula is C31H38N2O. The van der Waals surface area contributed by atoms with Crippen molar-refractivity contribution in [3.05, 3.63) is 83.2 Å². The lowest BCUT2D eigenvalue weighted by Gasteiger charge is -2.14. The molecule has 0 aliphatic carbocycles. The highest BCUT2D eigenvalue weighted by Crippen LogP contribution is 2.33. The topological polar surface area (TPSA) is 38.0 Å². The van der Waals surface area contributed by atoms with Crippen molar-refractivity contribution in [1.29, 1.82) is 0 Å². The maximum absolute atomic E-state index is 9.47. The van der Waals surface area contributed by atoms with E-state index in [-0.39, 0.29) is 6.61 Å². The molecule has 178 valence electrons. The molecule has 0 aliphatic rings. The predicted molar refractivity (Wildman–Crippen MR) is 144 cm³/mol. The van der Waals surface area contributed by atoms with Gasteiger partial charge < -0.3 is 9.67 Å². The third-order valence-corrected chi connectivity index (χ3v) is 7.06. The van der Waals surface area contributed by atoms with Gasteiger partial charge in [0, 0.05) is 29.4 Å². The molecule has 0 saturated carbocycles. The minimum atomic E-state index is 0.229. The summed E-state index contributed by atoms with van der Waals surface area (Å²) in [7, 11) is 0. The number of hydrogen-bond acceptors (Lipinski definition) is 2. The number of rotatable bonds is 9. The monoisotopic (exact) mass is 454 g/mol. The summed E-state index contributed by atoms with van der Waals surface area (Å²) in [6.45, 7) is 11.3. The van der Waals surface area contributed by atoms with Gasteiger partial charge in [0.25, 0.3) is 0 Å². The number of aryl methyl sites for hydroxylation is 2. The van der Waals surface area contributed by atoms with E-state index < -0.39 is 0 Å². The average Bonchev–Trinajstić information content (AvgIpc) is 3.21. The molecule has 0 radical (unpaired) electrons. The van der Waals surface area contributed by atoms with E-state index in [2.05, 4.69) is 93.9 Å². The first-order valence-electron chi connectivity index (χ1n) is 12.8. The molecule has 0 amide bonds. The lowest BCUT2D eigenvalue weighted by molar-refractivity contribution is 0.262. The number of pyridine rings is 1. The lowest BCUT2D eigenvalue weighted by atomic mass is 9.93. The van der Waals surface area contributed by atoms with Crippen LogP contribution in [-0.4, -0.2) is 21.3 Å². The molecule has 4 rings (SSSR count). The Morgan fingerprint density at radius 1 is 0.912 bits per heavy atom. The molecular weight excluding hydrogens is 416 g/mol. The fraction of sp³-hybridized carbons (Fsp3) is 0.387. The Hall–Kier alpha value is -2.91. The quantitative estimate of drug-likeness (QED) is 0.284. The van der Waals surface area contributed by atoms with Crippen molar-refractivity contribution in [2.75, 3.05) is 6.61 Å². The molecule has 2 aromatic heterocycles. The smallest absolute Gasteiger partial charge is 0.0715 e. The zero-order chi connectivity index (χ0) is 24.2. The highest BCUT2D eigenvalue weighted by molar-refractivity contribution is 5.89. The second kappa shape index (κ2) is 10.6. The van der Waals surface area contributed by atoms with Crippen molar-refractivity contribution in [1.82, 2.24) is 9.55 Å². The number of aromatic nitrogens is 2. The summed E-state index contributed by atoms with van der Waals surface area (Å²) in [4.78, 5) is 4.99. The first-order valence-corrected chi connectivity index (χ1v) is 12.8. The van der Waals surface area contributed by atoms with Gasteiger partial charge in [-0.2, -0.15) is 0 Å². The van der Waals surface area contributed by atoms with Crippen LogP contribution in [0.5, 0.6) is 0 Å². The van der Waals surface area contributed by atoms with E-state index in [1.165, 1.54) is 33.2 Å². The zero-order valence-corrected chi connectivity index (χ0v) is 21.3. The minimum Gasteiger partial charge on any atom is -0.396 e. The summed E-state index contributed by atoms with van der Waals surface area (Å²) in [5.41, 5.74) is 10.0. The average molecular weight is 455 g/mol. The Bertz CT molecular complexity index is 1230. The number of fused-ring (bicyclic) bond motifs is 1. The number of aliphatic hydroxyl groups is 1. The van der Waals surface area contributed by atoms with E-state index in [4.69, 9.17) is 4.98 Å². The second-order valence-corrected chi connectivity index (χ2v) is 9.84. The van der Waals surface area contributed by atoms with Crippen LogP contribution in [0, 0.1) is 5.92 Å². The van der Waals surface area contributed by atoms with E-state index in [9.17, 15) is 5.11 Å². The number of nitrogens with zero attached hydrogens (tertiary/aromatic N) is 2. The molecule has 2 aromatic carbocycles. The maximum atomic E-state index is 9.47. The number of aliphatic hydroxyl groups excluding tert-OH is 1. The first kappa shape index (κ1) is 24.2. The second-order valence-electron chi connectivity index (χ2n) is 9.84. The van der Waals surface area contributed by atoms with Crippen LogP contribution in [0.15, 0.2) is 60.9 Å². The van der Waals surface area contributed by atoms with Crippen LogP contribution < -0.4 is 0 Å². The number of benzene rings is 2. The molecule has 2 heterocycles. The SMILES string of the molecule is CCc1cccc(CC)c1-c1cc2c(CC(C)CCO)cn(-c3ccc(C(C)C)cc3)c2cn1. The Morgan fingerprint density at radius 2 is 1.59 bits per heavy atom. The molecule has 0 saturated heterocycles. The van der Waals surface area contributed by atoms with Gasteiger partial charge in [-0.1, -0.05) is 65.0 Å². The Labute approximate surface area is 204 Å². The molecule has 0 spiro atoms. The van der Waals surface area contributed by atoms with Crippen molar-refractivity contribution >= 4 is 10.9 Å². The Kier molecular flexibility index (Phi) is 7.53. The van der Waals surface area contributed by atoms with Gasteiger partial charge in [0.1, 0.15) is 0 Å². The standard InChI is InChI=1S/C31H38N2O/c1-6-23-9-8-10-24(7-2)31(23)29-18-28-26(17-22(5)15-16-34)20-33(30(28)19-32-29)27-13-11-25(12-14-27)21(3)4/h8-14,18-22,34H,6-7,15-17H2,1-5H3. The van der Waals surface area contributed by atoms with Crippen molar-refractivity contribution in [3.8, 4) is 16.9 Å². The van der Waals surface area contributed by atoms with E-state index in [1.54, 1.807) is 0 Å². The van der Waals surface area contributed by atoms with Crippen molar-refractivity contribution in [3.63, 3.8) is 0 Å². The van der Waals surface area contributed by atoms with Crippen LogP contribution in [0.2, 0.25) is 0 Å². The molecule has 3 heteroatoms. The van der Waals surface area contributed by atoms with Gasteiger partial charge in [-0.05, 0) is 78.0 Å². The summed E-state index contributed by atoms with van der Waals surface area (Å²) in [5.74, 6) is 0.930. The van der Waals surface area contributed by atoms with E-state index >= 15 is 0 Å². The fourth-order valence-corrected chi connectivity index (χ4v) is 4.99. The van der Waals surface area contributed by atoms with Crippen molar-refractivity contribution in [2.45, 2.75) is 66.2 Å². The Morgan fingerprint density at radius 3 is 2.18 bits per heavy atom. The molecule has 34 heavy (non-hydrogen) atoms. The largest absolute Gasteiger partial charge is 0.396 e. The lowest BCUT2D eigenvalue weighted by Crippen LogP contribution is -2.02. The maximum Gasteiger partial charge on any atom is 0.0715 e. The van der Waals surface area contributed by atoms with Crippen LogP contribution in [0.3, 0.4) is 0 Å². The molecule has 1 atom stereocenters. The molecule has 4 aromatic rings. The van der Waals surface area contributed by atoms with Crippen LogP contribution in [0.25, 0.3) is 27.8 Å². The highest BCUT2D eigenvalue weighted by atomic mass is 16.3. The normalized spacial score (nSPS) is 12.6. The van der Waals surface area contributed by atoms with Crippen molar-refractivity contribution < 1.29 is 5.11 Å². The van der Waals surface area contributed by atoms with Gasteiger partial charge in [-0.15, -0.1) is 0 Å². The molecule has 1 unspecified atom stereocenters. The van der Waals surface area contributed by atoms with Gasteiger partial charge in [0.15, 0.2) is 0 Å². The molecule has 0 bridgehead atoms. The molecule has 3 nitrogen and oxygen atoms in total. The third-order valence-electron chi connectivity index (χ3n) is 7.06. The van der Waals surface area contributed by atoms with Crippen LogP contribution in [0.4, 0.5) is 0 Å². The van der Waals surface area contributed by atoms with E-state index in [0.717, 1.165) is 42.6 Å². The summed E-state index contributed by atoms with van der Waals surface area (Å²) < 4.78 is 2.28. The summed E-state index contributed by atoms with van der Waals surface area (Å²) >= 11 is 0. The third kappa shape index (κ3) is 4.81. The zero-order valence-electron chi connectivity index (χ0n) is 21.3. The van der Waals surface area contributed by atoms with Gasteiger partial charge >= 0.3 is 0 Å². The van der Waals surface area contributed by atoms with Gasteiger partial charge in [0.2, 0.25) is 0 Å². The Balaban J connectivity index is 1.88. The minimum absolute atomic E-state index is 0.229. The van der Waals surface area contributed by atoms with Gasteiger partial charge in [0.05, 0.1) is 17.4 Å². The summed E-state index contributed by atoms with van der Waals surface area (Å²) in [6.07, 6.45) is 8.06. The molecule has 0 aliphatic heterocycles. The van der Waals surface area contributed by atoms with Crippen LogP contribution in [-0.2, 0) is 19.3 Å². The molecule has 1 N–H and O–H groups in total. The molecule has 0 fully saturated rings. The predicted octanol–water partition coefficient (Wildman–Crippen LogP) is 7.50. The summed E-state index contributed by atoms with van der Waals surface area (Å²) in [5, 5.41) is 10.7. The van der Waals surface area contributed by atoms with E-state index in [1.807, 2.05) is 6.20 Å². The van der Waals surface area contributed by atoms with Crippen molar-refractivity contribution in [2.24, 2.45) is 5.92 Å². The summed E-state index contributed by atoms with van der Waals surface area (Å²) in [6, 6.07) is 17.8. The highest BCUT2D eigenvalue weighted by Gasteiger charge is 2.17. The first-order chi connectivity index (χ1) is 16.5.